The number of carbonyl (C=O) groups excluding carboxylic acids is 2. The summed E-state index contributed by atoms with van der Waals surface area (Å²) in [5.74, 6) is -5.34. The van der Waals surface area contributed by atoms with E-state index in [0.29, 0.717) is 11.1 Å². The van der Waals surface area contributed by atoms with Crippen LogP contribution in [0.2, 0.25) is 0 Å². The van der Waals surface area contributed by atoms with Crippen LogP contribution >= 0.6 is 0 Å². The van der Waals surface area contributed by atoms with Gasteiger partial charge in [0.1, 0.15) is 0 Å². The summed E-state index contributed by atoms with van der Waals surface area (Å²) >= 11 is 0. The van der Waals surface area contributed by atoms with Crippen molar-refractivity contribution in [1.29, 1.82) is 0 Å². The number of aliphatic carboxylic acids is 1. The minimum Gasteiger partial charge on any atom is -0.475 e. The average Bonchev–Trinajstić information content (AvgIpc) is 2.51. The number of Topliss-reactive ketones (excluding diaryl/α,β-unsaturated/α-hetero) is 2. The van der Waals surface area contributed by atoms with E-state index in [0.717, 1.165) is 12.1 Å². The first-order valence-corrected chi connectivity index (χ1v) is 6.69. The Balaban J connectivity index is 2.16. The molecule has 6 heteroatoms. The minimum absolute atomic E-state index is 0.194. The maximum Gasteiger partial charge on any atom is 0.372 e. The number of rotatable bonds is 6. The van der Waals surface area contributed by atoms with Gasteiger partial charge in [-0.3, -0.25) is 9.59 Å². The lowest BCUT2D eigenvalue weighted by Gasteiger charge is -2.05. The van der Waals surface area contributed by atoms with Gasteiger partial charge >= 0.3 is 5.97 Å². The zero-order valence-corrected chi connectivity index (χ0v) is 11.9. The predicted octanol–water partition coefficient (Wildman–Crippen LogP) is 2.78. The van der Waals surface area contributed by atoms with Gasteiger partial charge in [0.2, 0.25) is 5.78 Å². The highest BCUT2D eigenvalue weighted by Gasteiger charge is 2.18. The standard InChI is InChI=1S/C17H12F2O4/c18-13-5-4-11(8-14(13)19)6-10-2-1-3-12(7-10)15(20)9-16(21)17(22)23/h1-5,7-8H,6,9H2,(H,22,23). The van der Waals surface area contributed by atoms with Crippen molar-refractivity contribution in [2.75, 3.05) is 0 Å². The fraction of sp³-hybridized carbons (Fsp3) is 0.118. The summed E-state index contributed by atoms with van der Waals surface area (Å²) in [6, 6.07) is 9.75. The van der Waals surface area contributed by atoms with Crippen LogP contribution in [0.3, 0.4) is 0 Å². The first kappa shape index (κ1) is 16.5. The topological polar surface area (TPSA) is 71.4 Å². The molecule has 2 aromatic carbocycles. The summed E-state index contributed by atoms with van der Waals surface area (Å²) in [5, 5.41) is 8.51. The van der Waals surface area contributed by atoms with Crippen LogP contribution in [0.4, 0.5) is 8.78 Å². The van der Waals surface area contributed by atoms with Crippen LogP contribution in [-0.2, 0) is 16.0 Å². The van der Waals surface area contributed by atoms with Crippen LogP contribution in [0.1, 0.15) is 27.9 Å². The van der Waals surface area contributed by atoms with Crippen molar-refractivity contribution < 1.29 is 28.3 Å². The molecule has 0 aromatic heterocycles. The maximum atomic E-state index is 13.2. The van der Waals surface area contributed by atoms with Crippen LogP contribution in [0, 0.1) is 11.6 Å². The lowest BCUT2D eigenvalue weighted by molar-refractivity contribution is -0.148. The molecular formula is C17H12F2O4. The molecule has 118 valence electrons. The fourth-order valence-corrected chi connectivity index (χ4v) is 2.06. The van der Waals surface area contributed by atoms with E-state index in [4.69, 9.17) is 5.11 Å². The Morgan fingerprint density at radius 3 is 2.26 bits per heavy atom. The Labute approximate surface area is 130 Å². The van der Waals surface area contributed by atoms with E-state index in [9.17, 15) is 23.2 Å². The minimum atomic E-state index is -1.66. The summed E-state index contributed by atoms with van der Waals surface area (Å²) in [4.78, 5) is 33.4. The largest absolute Gasteiger partial charge is 0.475 e. The number of hydrogen-bond acceptors (Lipinski definition) is 3. The summed E-state index contributed by atoms with van der Waals surface area (Å²) < 4.78 is 26.1. The second kappa shape index (κ2) is 6.91. The Kier molecular flexibility index (Phi) is 4.95. The number of benzene rings is 2. The molecule has 0 atom stereocenters. The molecule has 1 N–H and O–H groups in total. The molecule has 0 fully saturated rings. The molecular weight excluding hydrogens is 306 g/mol. The zero-order valence-electron chi connectivity index (χ0n) is 11.9. The van der Waals surface area contributed by atoms with E-state index in [-0.39, 0.29) is 12.0 Å². The van der Waals surface area contributed by atoms with Gasteiger partial charge in [0.25, 0.3) is 0 Å². The Hall–Kier alpha value is -2.89. The predicted molar refractivity (Wildman–Crippen MR) is 77.2 cm³/mol. The second-order valence-corrected chi connectivity index (χ2v) is 4.95. The summed E-state index contributed by atoms with van der Waals surface area (Å²) in [5.41, 5.74) is 1.37. The molecule has 0 bridgehead atoms. The van der Waals surface area contributed by atoms with Gasteiger partial charge in [0.15, 0.2) is 17.4 Å². The summed E-state index contributed by atoms with van der Waals surface area (Å²) in [6.45, 7) is 0. The monoisotopic (exact) mass is 318 g/mol. The highest BCUT2D eigenvalue weighted by molar-refractivity contribution is 6.37. The highest BCUT2D eigenvalue weighted by atomic mass is 19.2. The molecule has 0 saturated carbocycles. The molecule has 0 saturated heterocycles. The highest BCUT2D eigenvalue weighted by Crippen LogP contribution is 2.15. The molecule has 0 heterocycles. The van der Waals surface area contributed by atoms with E-state index >= 15 is 0 Å². The molecule has 0 aliphatic heterocycles. The van der Waals surface area contributed by atoms with Crippen LogP contribution in [0.15, 0.2) is 42.5 Å². The van der Waals surface area contributed by atoms with Crippen molar-refractivity contribution >= 4 is 17.5 Å². The third-order valence-electron chi connectivity index (χ3n) is 3.20. The van der Waals surface area contributed by atoms with Crippen molar-refractivity contribution in [3.05, 3.63) is 70.8 Å². The van der Waals surface area contributed by atoms with Gasteiger partial charge in [0, 0.05) is 5.56 Å². The molecule has 0 radical (unpaired) electrons. The van der Waals surface area contributed by atoms with Gasteiger partial charge in [-0.25, -0.2) is 13.6 Å². The van der Waals surface area contributed by atoms with E-state index < -0.39 is 35.6 Å². The number of hydrogen-bond donors (Lipinski definition) is 1. The van der Waals surface area contributed by atoms with Gasteiger partial charge in [-0.15, -0.1) is 0 Å². The lowest BCUT2D eigenvalue weighted by Crippen LogP contribution is -2.17. The zero-order chi connectivity index (χ0) is 17.0. The van der Waals surface area contributed by atoms with Crippen LogP contribution in [0.5, 0.6) is 0 Å². The van der Waals surface area contributed by atoms with Gasteiger partial charge in [-0.2, -0.15) is 0 Å². The third kappa shape index (κ3) is 4.29. The van der Waals surface area contributed by atoms with Crippen LogP contribution in [-0.4, -0.2) is 22.6 Å². The first-order chi connectivity index (χ1) is 10.9. The molecule has 0 spiro atoms. The molecule has 0 unspecified atom stereocenters. The number of carboxylic acids is 1. The number of carbonyl (C=O) groups is 3. The molecule has 0 aliphatic rings. The van der Waals surface area contributed by atoms with E-state index in [2.05, 4.69) is 0 Å². The maximum absolute atomic E-state index is 13.2. The second-order valence-electron chi connectivity index (χ2n) is 4.95. The number of carboxylic acid groups (broad SMARTS) is 1. The number of halogens is 2. The first-order valence-electron chi connectivity index (χ1n) is 6.69. The Morgan fingerprint density at radius 2 is 1.61 bits per heavy atom. The van der Waals surface area contributed by atoms with Gasteiger partial charge in [0.05, 0.1) is 6.42 Å². The van der Waals surface area contributed by atoms with Crippen molar-refractivity contribution in [2.24, 2.45) is 0 Å². The van der Waals surface area contributed by atoms with Crippen molar-refractivity contribution in [1.82, 2.24) is 0 Å². The molecule has 0 aliphatic carbocycles. The van der Waals surface area contributed by atoms with Crippen molar-refractivity contribution in [3.63, 3.8) is 0 Å². The molecule has 2 rings (SSSR count). The SMILES string of the molecule is O=C(O)C(=O)CC(=O)c1cccc(Cc2ccc(F)c(F)c2)c1. The number of ketones is 2. The van der Waals surface area contributed by atoms with Gasteiger partial charge < -0.3 is 5.11 Å². The van der Waals surface area contributed by atoms with Gasteiger partial charge in [-0.05, 0) is 35.7 Å². The van der Waals surface area contributed by atoms with Crippen molar-refractivity contribution in [2.45, 2.75) is 12.8 Å². The summed E-state index contributed by atoms with van der Waals surface area (Å²) in [7, 11) is 0. The van der Waals surface area contributed by atoms with E-state index in [1.807, 2.05) is 0 Å². The van der Waals surface area contributed by atoms with E-state index in [1.54, 1.807) is 12.1 Å². The molecule has 4 nitrogen and oxygen atoms in total. The van der Waals surface area contributed by atoms with Crippen LogP contribution in [0.25, 0.3) is 0 Å². The summed E-state index contributed by atoms with van der Waals surface area (Å²) in [6.07, 6.45) is -0.449. The fourth-order valence-electron chi connectivity index (χ4n) is 2.06. The molecule has 0 amide bonds. The quantitative estimate of drug-likeness (QED) is 0.505. The van der Waals surface area contributed by atoms with E-state index in [1.165, 1.54) is 18.2 Å². The average molecular weight is 318 g/mol. The normalized spacial score (nSPS) is 10.3. The van der Waals surface area contributed by atoms with Gasteiger partial charge in [-0.1, -0.05) is 24.3 Å². The lowest BCUT2D eigenvalue weighted by atomic mass is 9.99. The Bertz CT molecular complexity index is 784. The van der Waals surface area contributed by atoms with Crippen molar-refractivity contribution in [3.8, 4) is 0 Å². The third-order valence-corrected chi connectivity index (χ3v) is 3.20. The Morgan fingerprint density at radius 1 is 0.913 bits per heavy atom. The molecule has 2 aromatic rings. The van der Waals surface area contributed by atoms with Crippen LogP contribution < -0.4 is 0 Å². The molecule has 23 heavy (non-hydrogen) atoms. The smallest absolute Gasteiger partial charge is 0.372 e.